The topological polar surface area (TPSA) is 20.2 Å². The minimum Gasteiger partial charge on any atom is -0.384 e. The molecule has 106 valence electrons. The minimum absolute atomic E-state index is 0.607. The number of aliphatic hydroxyl groups is 1. The summed E-state index contributed by atoms with van der Waals surface area (Å²) in [6.07, 6.45) is 0.423. The van der Waals surface area contributed by atoms with Gasteiger partial charge in [-0.05, 0) is 41.2 Å². The Morgan fingerprint density at radius 3 is 2.45 bits per heavy atom. The molecule has 0 saturated heterocycles. The lowest BCUT2D eigenvalue weighted by Gasteiger charge is -2.15. The van der Waals surface area contributed by atoms with Crippen molar-refractivity contribution in [2.24, 2.45) is 5.92 Å². The number of hydrogen-bond donors (Lipinski definition) is 1. The van der Waals surface area contributed by atoms with E-state index in [0.29, 0.717) is 5.92 Å². The molecule has 0 radical (unpaired) electrons. The van der Waals surface area contributed by atoms with Gasteiger partial charge < -0.3 is 5.11 Å². The molecule has 0 saturated carbocycles. The van der Waals surface area contributed by atoms with E-state index in [1.807, 2.05) is 30.3 Å². The second kappa shape index (κ2) is 6.88. The standard InChI is InChI=1S/C17H18Br2O/c1-11(2)8-12-4-3-5-13(9-12)17(20)15-7-6-14(18)10-16(15)19/h3-7,9-11,17,20H,8H2,1-2H3. The molecule has 0 fully saturated rings. The Hall–Kier alpha value is -0.640. The van der Waals surface area contributed by atoms with Crippen molar-refractivity contribution in [3.8, 4) is 0 Å². The van der Waals surface area contributed by atoms with E-state index < -0.39 is 6.10 Å². The summed E-state index contributed by atoms with van der Waals surface area (Å²) in [6, 6.07) is 14.0. The third kappa shape index (κ3) is 3.94. The van der Waals surface area contributed by atoms with E-state index in [-0.39, 0.29) is 0 Å². The fourth-order valence-electron chi connectivity index (χ4n) is 2.26. The Morgan fingerprint density at radius 2 is 1.80 bits per heavy atom. The van der Waals surface area contributed by atoms with E-state index in [9.17, 15) is 5.11 Å². The average molecular weight is 398 g/mol. The van der Waals surface area contributed by atoms with Crippen molar-refractivity contribution >= 4 is 31.9 Å². The summed E-state index contributed by atoms with van der Waals surface area (Å²) < 4.78 is 1.91. The molecule has 1 N–H and O–H groups in total. The normalized spacial score (nSPS) is 12.7. The first kappa shape index (κ1) is 15.7. The van der Waals surface area contributed by atoms with Gasteiger partial charge in [-0.2, -0.15) is 0 Å². The van der Waals surface area contributed by atoms with Crippen LogP contribution in [-0.4, -0.2) is 5.11 Å². The van der Waals surface area contributed by atoms with Crippen molar-refractivity contribution in [2.45, 2.75) is 26.4 Å². The van der Waals surface area contributed by atoms with Crippen LogP contribution in [0.25, 0.3) is 0 Å². The fourth-order valence-corrected chi connectivity index (χ4v) is 3.53. The van der Waals surface area contributed by atoms with Crippen molar-refractivity contribution in [1.82, 2.24) is 0 Å². The van der Waals surface area contributed by atoms with Crippen LogP contribution in [-0.2, 0) is 6.42 Å². The highest BCUT2D eigenvalue weighted by Gasteiger charge is 2.14. The summed E-state index contributed by atoms with van der Waals surface area (Å²) in [5, 5.41) is 10.6. The molecule has 1 atom stereocenters. The monoisotopic (exact) mass is 396 g/mol. The third-order valence-corrected chi connectivity index (χ3v) is 4.35. The molecule has 2 aromatic carbocycles. The van der Waals surface area contributed by atoms with Gasteiger partial charge in [0.2, 0.25) is 0 Å². The van der Waals surface area contributed by atoms with Gasteiger partial charge in [0.05, 0.1) is 0 Å². The molecule has 0 aliphatic heterocycles. The Labute approximate surface area is 137 Å². The first-order valence-electron chi connectivity index (χ1n) is 6.69. The zero-order chi connectivity index (χ0) is 14.7. The zero-order valence-electron chi connectivity index (χ0n) is 11.6. The van der Waals surface area contributed by atoms with Gasteiger partial charge >= 0.3 is 0 Å². The second-order valence-corrected chi connectivity index (χ2v) is 7.18. The molecular weight excluding hydrogens is 380 g/mol. The molecule has 0 spiro atoms. The van der Waals surface area contributed by atoms with E-state index in [1.165, 1.54) is 5.56 Å². The van der Waals surface area contributed by atoms with Crippen LogP contribution in [0.2, 0.25) is 0 Å². The predicted octanol–water partition coefficient (Wildman–Crippen LogP) is 5.49. The molecule has 2 aromatic rings. The smallest absolute Gasteiger partial charge is 0.105 e. The lowest BCUT2D eigenvalue weighted by atomic mass is 9.96. The highest BCUT2D eigenvalue weighted by molar-refractivity contribution is 9.11. The summed E-state index contributed by atoms with van der Waals surface area (Å²) >= 11 is 6.94. The summed E-state index contributed by atoms with van der Waals surface area (Å²) in [4.78, 5) is 0. The number of halogens is 2. The van der Waals surface area contributed by atoms with Crippen LogP contribution in [0.1, 0.15) is 36.6 Å². The van der Waals surface area contributed by atoms with Crippen molar-refractivity contribution in [1.29, 1.82) is 0 Å². The van der Waals surface area contributed by atoms with Gasteiger partial charge in [-0.25, -0.2) is 0 Å². The summed E-state index contributed by atoms with van der Waals surface area (Å²) in [6.45, 7) is 4.41. The van der Waals surface area contributed by atoms with Gasteiger partial charge in [-0.15, -0.1) is 0 Å². The Balaban J connectivity index is 2.30. The molecule has 0 aliphatic rings. The highest BCUT2D eigenvalue weighted by atomic mass is 79.9. The number of hydrogen-bond acceptors (Lipinski definition) is 1. The summed E-state index contributed by atoms with van der Waals surface area (Å²) in [7, 11) is 0. The molecule has 0 aromatic heterocycles. The second-order valence-electron chi connectivity index (χ2n) is 5.41. The van der Waals surface area contributed by atoms with Crippen molar-refractivity contribution in [2.75, 3.05) is 0 Å². The first-order valence-corrected chi connectivity index (χ1v) is 8.28. The molecule has 20 heavy (non-hydrogen) atoms. The zero-order valence-corrected chi connectivity index (χ0v) is 14.8. The lowest BCUT2D eigenvalue weighted by Crippen LogP contribution is -2.02. The number of benzene rings is 2. The Bertz CT molecular complexity index is 593. The van der Waals surface area contributed by atoms with Gasteiger partial charge in [0, 0.05) is 8.95 Å². The van der Waals surface area contributed by atoms with Crippen LogP contribution < -0.4 is 0 Å². The van der Waals surface area contributed by atoms with Crippen LogP contribution in [0.3, 0.4) is 0 Å². The maximum Gasteiger partial charge on any atom is 0.105 e. The van der Waals surface area contributed by atoms with Crippen LogP contribution in [0, 0.1) is 5.92 Å². The SMILES string of the molecule is CC(C)Cc1cccc(C(O)c2ccc(Br)cc2Br)c1. The van der Waals surface area contributed by atoms with Gasteiger partial charge in [-0.3, -0.25) is 0 Å². The van der Waals surface area contributed by atoms with Gasteiger partial charge in [0.1, 0.15) is 6.10 Å². The molecule has 1 nitrogen and oxygen atoms in total. The molecule has 0 amide bonds. The molecule has 3 heteroatoms. The van der Waals surface area contributed by atoms with Gasteiger partial charge in [0.15, 0.2) is 0 Å². The average Bonchev–Trinajstić information content (AvgIpc) is 2.37. The maximum atomic E-state index is 10.6. The summed E-state index contributed by atoms with van der Waals surface area (Å²) in [5.74, 6) is 0.613. The third-order valence-electron chi connectivity index (χ3n) is 3.17. The van der Waals surface area contributed by atoms with Crippen LogP contribution in [0.5, 0.6) is 0 Å². The number of rotatable bonds is 4. The number of aliphatic hydroxyl groups excluding tert-OH is 1. The minimum atomic E-state index is -0.607. The van der Waals surface area contributed by atoms with Crippen molar-refractivity contribution < 1.29 is 5.11 Å². The van der Waals surface area contributed by atoms with Crippen molar-refractivity contribution in [3.05, 3.63) is 68.1 Å². The van der Waals surface area contributed by atoms with E-state index in [4.69, 9.17) is 0 Å². The van der Waals surface area contributed by atoms with Crippen LogP contribution >= 0.6 is 31.9 Å². The molecule has 0 heterocycles. The molecule has 2 rings (SSSR count). The largest absolute Gasteiger partial charge is 0.384 e. The lowest BCUT2D eigenvalue weighted by molar-refractivity contribution is 0.219. The van der Waals surface area contributed by atoms with Crippen LogP contribution in [0.15, 0.2) is 51.4 Å². The van der Waals surface area contributed by atoms with Crippen LogP contribution in [0.4, 0.5) is 0 Å². The van der Waals surface area contributed by atoms with E-state index >= 15 is 0 Å². The Kier molecular flexibility index (Phi) is 5.42. The van der Waals surface area contributed by atoms with E-state index in [2.05, 4.69) is 57.8 Å². The van der Waals surface area contributed by atoms with Crippen molar-refractivity contribution in [3.63, 3.8) is 0 Å². The first-order chi connectivity index (χ1) is 9.47. The quantitative estimate of drug-likeness (QED) is 0.722. The molecule has 0 bridgehead atoms. The molecule has 1 unspecified atom stereocenters. The van der Waals surface area contributed by atoms with Gasteiger partial charge in [0.25, 0.3) is 0 Å². The molecular formula is C17H18Br2O. The Morgan fingerprint density at radius 1 is 1.05 bits per heavy atom. The van der Waals surface area contributed by atoms with E-state index in [1.54, 1.807) is 0 Å². The fraction of sp³-hybridized carbons (Fsp3) is 0.294. The highest BCUT2D eigenvalue weighted by Crippen LogP contribution is 2.31. The van der Waals surface area contributed by atoms with E-state index in [0.717, 1.165) is 26.5 Å². The maximum absolute atomic E-state index is 10.6. The van der Waals surface area contributed by atoms with Gasteiger partial charge in [-0.1, -0.05) is 76.0 Å². The summed E-state index contributed by atoms with van der Waals surface area (Å²) in [5.41, 5.74) is 3.09. The predicted molar refractivity (Wildman–Crippen MR) is 90.9 cm³/mol. The molecule has 0 aliphatic carbocycles.